The molecule has 4 aromatic carbocycles. The Morgan fingerprint density at radius 2 is 1.51 bits per heavy atom. The summed E-state index contributed by atoms with van der Waals surface area (Å²) in [4.78, 5) is 29.2. The van der Waals surface area contributed by atoms with Gasteiger partial charge in [-0.25, -0.2) is 8.42 Å². The third kappa shape index (κ3) is 9.50. The monoisotopic (exact) mass is 695 g/mol. The summed E-state index contributed by atoms with van der Waals surface area (Å²) in [6, 6.07) is 26.1. The maximum atomic E-state index is 14.3. The Kier molecular flexibility index (Phi) is 12.3. The maximum Gasteiger partial charge on any atom is 0.264 e. The van der Waals surface area contributed by atoms with Crippen molar-refractivity contribution in [3.05, 3.63) is 118 Å². The summed E-state index contributed by atoms with van der Waals surface area (Å²) in [5.41, 5.74) is 1.70. The van der Waals surface area contributed by atoms with Gasteiger partial charge in [0.25, 0.3) is 10.0 Å². The molecule has 0 aromatic heterocycles. The van der Waals surface area contributed by atoms with Gasteiger partial charge in [-0.05, 0) is 85.5 Å². The van der Waals surface area contributed by atoms with Crippen LogP contribution in [0.2, 0.25) is 10.0 Å². The van der Waals surface area contributed by atoms with Gasteiger partial charge in [0.2, 0.25) is 11.8 Å². The van der Waals surface area contributed by atoms with Crippen molar-refractivity contribution in [3.63, 3.8) is 0 Å². The van der Waals surface area contributed by atoms with Crippen LogP contribution >= 0.6 is 23.2 Å². The molecule has 0 aliphatic rings. The summed E-state index contributed by atoms with van der Waals surface area (Å²) in [5, 5.41) is 3.67. The van der Waals surface area contributed by atoms with Gasteiger partial charge >= 0.3 is 0 Å². The van der Waals surface area contributed by atoms with Crippen molar-refractivity contribution in [1.29, 1.82) is 0 Å². The van der Waals surface area contributed by atoms with E-state index in [2.05, 4.69) is 5.32 Å². The second-order valence-corrected chi connectivity index (χ2v) is 14.3. The molecular formula is C36H39Cl2N3O5S. The molecule has 0 saturated heterocycles. The number of nitrogens with zero attached hydrogens (tertiary/aromatic N) is 2. The van der Waals surface area contributed by atoms with E-state index in [0.717, 1.165) is 9.87 Å². The van der Waals surface area contributed by atoms with Gasteiger partial charge in [0, 0.05) is 23.1 Å². The van der Waals surface area contributed by atoms with Crippen LogP contribution in [0.1, 0.15) is 38.3 Å². The molecule has 47 heavy (non-hydrogen) atoms. The molecule has 4 rings (SSSR count). The minimum absolute atomic E-state index is 0.0227. The predicted octanol–water partition coefficient (Wildman–Crippen LogP) is 7.87. The summed E-state index contributed by atoms with van der Waals surface area (Å²) >= 11 is 12.6. The predicted molar refractivity (Wildman–Crippen MR) is 188 cm³/mol. The van der Waals surface area contributed by atoms with Crippen molar-refractivity contribution in [2.45, 2.75) is 51.6 Å². The van der Waals surface area contributed by atoms with E-state index in [1.54, 1.807) is 61.5 Å². The lowest BCUT2D eigenvalue weighted by Crippen LogP contribution is -2.52. The van der Waals surface area contributed by atoms with Gasteiger partial charge in [-0.3, -0.25) is 13.9 Å². The fourth-order valence-corrected chi connectivity index (χ4v) is 6.73. The molecule has 0 fully saturated rings. The topological polar surface area (TPSA) is 96.0 Å². The molecule has 0 saturated carbocycles. The van der Waals surface area contributed by atoms with E-state index in [1.165, 1.54) is 17.0 Å². The molecule has 0 bridgehead atoms. The van der Waals surface area contributed by atoms with Crippen LogP contribution in [0.15, 0.2) is 102 Å². The number of amides is 2. The Labute approximate surface area is 287 Å². The van der Waals surface area contributed by atoms with Crippen molar-refractivity contribution >= 4 is 50.7 Å². The number of benzene rings is 4. The zero-order chi connectivity index (χ0) is 34.1. The van der Waals surface area contributed by atoms with Crippen LogP contribution < -0.4 is 14.4 Å². The van der Waals surface area contributed by atoms with E-state index in [9.17, 15) is 18.0 Å². The van der Waals surface area contributed by atoms with E-state index in [1.807, 2.05) is 51.1 Å². The number of anilines is 1. The van der Waals surface area contributed by atoms with Crippen LogP contribution in [0.4, 0.5) is 5.69 Å². The van der Waals surface area contributed by atoms with Gasteiger partial charge in [-0.15, -0.1) is 0 Å². The molecular weight excluding hydrogens is 657 g/mol. The summed E-state index contributed by atoms with van der Waals surface area (Å²) in [7, 11) is -4.23. The Hall–Kier alpha value is -4.05. The Balaban J connectivity index is 1.74. The number of aryl methyl sites for hydroxylation is 1. The summed E-state index contributed by atoms with van der Waals surface area (Å²) in [6.07, 6.45) is 0.289. The van der Waals surface area contributed by atoms with Crippen LogP contribution in [-0.4, -0.2) is 44.3 Å². The summed E-state index contributed by atoms with van der Waals surface area (Å²) in [5.74, 6) is 0.386. The summed E-state index contributed by atoms with van der Waals surface area (Å²) in [6.45, 7) is 7.42. The van der Waals surface area contributed by atoms with E-state index >= 15 is 0 Å². The van der Waals surface area contributed by atoms with Crippen molar-refractivity contribution in [3.8, 4) is 11.5 Å². The molecule has 0 aliphatic carbocycles. The number of ether oxygens (including phenoxy) is 1. The second kappa shape index (κ2) is 16.2. The largest absolute Gasteiger partial charge is 0.457 e. The number of sulfonamides is 1. The molecule has 0 spiro atoms. The lowest BCUT2D eigenvalue weighted by atomic mass is 10.1. The van der Waals surface area contributed by atoms with Gasteiger partial charge in [-0.1, -0.05) is 85.9 Å². The lowest BCUT2D eigenvalue weighted by Gasteiger charge is -2.33. The minimum Gasteiger partial charge on any atom is -0.457 e. The highest BCUT2D eigenvalue weighted by molar-refractivity contribution is 7.92. The number of rotatable bonds is 14. The fourth-order valence-electron chi connectivity index (χ4n) is 4.85. The lowest BCUT2D eigenvalue weighted by molar-refractivity contribution is -0.140. The molecule has 248 valence electrons. The van der Waals surface area contributed by atoms with Gasteiger partial charge in [-0.2, -0.15) is 0 Å². The minimum atomic E-state index is -4.23. The normalized spacial score (nSPS) is 12.0. The van der Waals surface area contributed by atoms with E-state index in [4.69, 9.17) is 27.9 Å². The fraction of sp³-hybridized carbons (Fsp3) is 0.278. The average molecular weight is 697 g/mol. The average Bonchev–Trinajstić information content (AvgIpc) is 3.04. The van der Waals surface area contributed by atoms with E-state index in [-0.39, 0.29) is 35.4 Å². The van der Waals surface area contributed by atoms with Gasteiger partial charge in [0.1, 0.15) is 24.1 Å². The molecule has 0 heterocycles. The van der Waals surface area contributed by atoms with Crippen molar-refractivity contribution in [2.24, 2.45) is 5.92 Å². The van der Waals surface area contributed by atoms with Crippen LogP contribution in [0, 0.1) is 12.8 Å². The number of carbonyl (C=O) groups is 2. The zero-order valence-electron chi connectivity index (χ0n) is 26.8. The highest BCUT2D eigenvalue weighted by atomic mass is 35.5. The molecule has 0 aliphatic heterocycles. The highest BCUT2D eigenvalue weighted by Crippen LogP contribution is 2.29. The SMILES string of the molecule is CC[C@@H](C(=O)NCC(C)C)N(Cc1ccc(Cl)cc1Cl)C(=O)CN(c1ccc(Oc2ccccc2)cc1)S(=O)(=O)c1ccc(C)cc1. The molecule has 0 unspecified atom stereocenters. The number of halogens is 2. The number of carbonyl (C=O) groups excluding carboxylic acids is 2. The molecule has 8 nitrogen and oxygen atoms in total. The highest BCUT2D eigenvalue weighted by Gasteiger charge is 2.34. The van der Waals surface area contributed by atoms with Crippen molar-refractivity contribution < 1.29 is 22.7 Å². The van der Waals surface area contributed by atoms with Gasteiger partial charge in [0.05, 0.1) is 10.6 Å². The third-order valence-electron chi connectivity index (χ3n) is 7.42. The van der Waals surface area contributed by atoms with Gasteiger partial charge in [0.15, 0.2) is 0 Å². The molecule has 2 amide bonds. The van der Waals surface area contributed by atoms with Gasteiger partial charge < -0.3 is 15.0 Å². The van der Waals surface area contributed by atoms with Crippen molar-refractivity contribution in [1.82, 2.24) is 10.2 Å². The van der Waals surface area contributed by atoms with Crippen molar-refractivity contribution in [2.75, 3.05) is 17.4 Å². The first-order chi connectivity index (χ1) is 22.4. The first-order valence-corrected chi connectivity index (χ1v) is 17.5. The smallest absolute Gasteiger partial charge is 0.264 e. The third-order valence-corrected chi connectivity index (χ3v) is 9.79. The Morgan fingerprint density at radius 1 is 0.872 bits per heavy atom. The number of hydrogen-bond acceptors (Lipinski definition) is 5. The first-order valence-electron chi connectivity index (χ1n) is 15.3. The number of para-hydroxylation sites is 1. The Morgan fingerprint density at radius 3 is 2.11 bits per heavy atom. The van der Waals surface area contributed by atoms with Crippen LogP contribution in [0.3, 0.4) is 0 Å². The summed E-state index contributed by atoms with van der Waals surface area (Å²) < 4.78 is 35.3. The van der Waals surface area contributed by atoms with Crippen LogP contribution in [0.5, 0.6) is 11.5 Å². The number of nitrogens with one attached hydrogen (secondary N) is 1. The standard InChI is InChI=1S/C36H39Cl2N3O5S/c1-5-34(36(43)39-22-25(2)3)40(23-27-13-14-28(37)21-33(27)38)35(42)24-41(47(44,45)32-19-11-26(4)12-20-32)29-15-17-31(18-16-29)46-30-9-7-6-8-10-30/h6-21,25,34H,5,22-24H2,1-4H3,(H,39,43)/t34-/m0/s1. The molecule has 11 heteroatoms. The quantitative estimate of drug-likeness (QED) is 0.145. The van der Waals surface area contributed by atoms with Crippen LogP contribution in [-0.2, 0) is 26.2 Å². The van der Waals surface area contributed by atoms with E-state index < -0.39 is 28.5 Å². The van der Waals surface area contributed by atoms with Crippen LogP contribution in [0.25, 0.3) is 0 Å². The number of hydrogen-bond donors (Lipinski definition) is 1. The molecule has 0 radical (unpaired) electrons. The molecule has 1 N–H and O–H groups in total. The second-order valence-electron chi connectivity index (χ2n) is 11.6. The Bertz CT molecular complexity index is 1770. The van der Waals surface area contributed by atoms with E-state index in [0.29, 0.717) is 33.7 Å². The molecule has 4 aromatic rings. The molecule has 1 atom stereocenters. The zero-order valence-corrected chi connectivity index (χ0v) is 29.1. The maximum absolute atomic E-state index is 14.3. The first kappa shape index (κ1) is 35.8.